The van der Waals surface area contributed by atoms with E-state index in [1.54, 1.807) is 0 Å². The fraction of sp³-hybridized carbons (Fsp3) is 0.154. The van der Waals surface area contributed by atoms with Gasteiger partial charge in [-0.3, -0.25) is 4.98 Å². The van der Waals surface area contributed by atoms with Crippen molar-refractivity contribution in [2.45, 2.75) is 0 Å². The highest BCUT2D eigenvalue weighted by Gasteiger charge is 2.05. The molecule has 0 amide bonds. The van der Waals surface area contributed by atoms with E-state index in [2.05, 4.69) is 34.1 Å². The predicted octanol–water partition coefficient (Wildman–Crippen LogP) is 2.81. The molecule has 0 aliphatic heterocycles. The van der Waals surface area contributed by atoms with E-state index in [1.807, 2.05) is 38.6 Å². The zero-order chi connectivity index (χ0) is 10.7. The fourth-order valence-electron chi connectivity index (χ4n) is 1.60. The lowest BCUT2D eigenvalue weighted by molar-refractivity contribution is 1.11. The van der Waals surface area contributed by atoms with Crippen molar-refractivity contribution in [2.24, 2.45) is 0 Å². The van der Waals surface area contributed by atoms with Crippen LogP contribution in [0.15, 0.2) is 48.8 Å². The molecule has 0 aliphatic rings. The normalized spacial score (nSPS) is 10.0. The van der Waals surface area contributed by atoms with Crippen molar-refractivity contribution < 1.29 is 0 Å². The number of rotatable bonds is 2. The minimum Gasteiger partial charge on any atom is -0.376 e. The van der Waals surface area contributed by atoms with Crippen LogP contribution in [0.2, 0.25) is 0 Å². The van der Waals surface area contributed by atoms with Crippen molar-refractivity contribution in [1.29, 1.82) is 0 Å². The SMILES string of the molecule is CN(C)c1cnccc1-c1ccccc1. The van der Waals surface area contributed by atoms with Crippen molar-refractivity contribution in [3.63, 3.8) is 0 Å². The van der Waals surface area contributed by atoms with Gasteiger partial charge in [0, 0.05) is 25.9 Å². The summed E-state index contributed by atoms with van der Waals surface area (Å²) in [6, 6.07) is 12.4. The highest BCUT2D eigenvalue weighted by molar-refractivity contribution is 5.77. The molecular formula is C13H14N2. The van der Waals surface area contributed by atoms with Gasteiger partial charge in [0.25, 0.3) is 0 Å². The highest BCUT2D eigenvalue weighted by atomic mass is 15.1. The Balaban J connectivity index is 2.53. The molecule has 0 fully saturated rings. The lowest BCUT2D eigenvalue weighted by atomic mass is 10.1. The smallest absolute Gasteiger partial charge is 0.0627 e. The third-order valence-electron chi connectivity index (χ3n) is 2.37. The van der Waals surface area contributed by atoms with Gasteiger partial charge in [0.1, 0.15) is 0 Å². The second-order valence-electron chi connectivity index (χ2n) is 3.65. The summed E-state index contributed by atoms with van der Waals surface area (Å²) in [4.78, 5) is 6.23. The average Bonchev–Trinajstić information content (AvgIpc) is 2.30. The maximum atomic E-state index is 4.15. The fourth-order valence-corrected chi connectivity index (χ4v) is 1.60. The minimum atomic E-state index is 1.14. The van der Waals surface area contributed by atoms with Crippen molar-refractivity contribution in [3.8, 4) is 11.1 Å². The van der Waals surface area contributed by atoms with E-state index in [-0.39, 0.29) is 0 Å². The Bertz CT molecular complexity index is 435. The molecule has 15 heavy (non-hydrogen) atoms. The van der Waals surface area contributed by atoms with E-state index < -0.39 is 0 Å². The predicted molar refractivity (Wildman–Crippen MR) is 64.0 cm³/mol. The zero-order valence-electron chi connectivity index (χ0n) is 9.01. The van der Waals surface area contributed by atoms with Gasteiger partial charge in [-0.2, -0.15) is 0 Å². The zero-order valence-corrected chi connectivity index (χ0v) is 9.01. The van der Waals surface area contributed by atoms with Crippen LogP contribution < -0.4 is 4.90 Å². The maximum absolute atomic E-state index is 4.15. The molecule has 2 heteroatoms. The van der Waals surface area contributed by atoms with Gasteiger partial charge in [-0.25, -0.2) is 0 Å². The van der Waals surface area contributed by atoms with Crippen molar-refractivity contribution in [2.75, 3.05) is 19.0 Å². The number of hydrogen-bond acceptors (Lipinski definition) is 2. The summed E-state index contributed by atoms with van der Waals surface area (Å²) in [5.41, 5.74) is 3.59. The summed E-state index contributed by atoms with van der Waals surface area (Å²) in [5, 5.41) is 0. The molecule has 0 saturated heterocycles. The van der Waals surface area contributed by atoms with Crippen LogP contribution in [-0.4, -0.2) is 19.1 Å². The van der Waals surface area contributed by atoms with Crippen LogP contribution in [0.3, 0.4) is 0 Å². The molecule has 1 aromatic carbocycles. The van der Waals surface area contributed by atoms with Gasteiger partial charge in [-0.1, -0.05) is 30.3 Å². The third kappa shape index (κ3) is 1.99. The molecule has 0 radical (unpaired) electrons. The van der Waals surface area contributed by atoms with Gasteiger partial charge in [-0.05, 0) is 11.6 Å². The Labute approximate surface area is 90.2 Å². The first-order chi connectivity index (χ1) is 7.29. The molecule has 76 valence electrons. The molecule has 2 aromatic rings. The monoisotopic (exact) mass is 198 g/mol. The summed E-state index contributed by atoms with van der Waals surface area (Å²) in [6.45, 7) is 0. The van der Waals surface area contributed by atoms with E-state index in [4.69, 9.17) is 0 Å². The first kappa shape index (κ1) is 9.71. The summed E-state index contributed by atoms with van der Waals surface area (Å²) >= 11 is 0. The molecule has 1 aromatic heterocycles. The van der Waals surface area contributed by atoms with E-state index in [0.29, 0.717) is 0 Å². The van der Waals surface area contributed by atoms with E-state index in [0.717, 1.165) is 5.69 Å². The van der Waals surface area contributed by atoms with Crippen molar-refractivity contribution >= 4 is 5.69 Å². The molecule has 0 N–H and O–H groups in total. The third-order valence-corrected chi connectivity index (χ3v) is 2.37. The number of pyridine rings is 1. The lowest BCUT2D eigenvalue weighted by Crippen LogP contribution is -2.10. The topological polar surface area (TPSA) is 16.1 Å². The molecule has 2 nitrogen and oxygen atoms in total. The molecule has 0 saturated carbocycles. The standard InChI is InChI=1S/C13H14N2/c1-15(2)13-10-14-9-8-12(13)11-6-4-3-5-7-11/h3-10H,1-2H3. The van der Waals surface area contributed by atoms with Gasteiger partial charge in [0.15, 0.2) is 0 Å². The summed E-state index contributed by atoms with van der Waals surface area (Å²) in [7, 11) is 4.06. The molecule has 0 aliphatic carbocycles. The van der Waals surface area contributed by atoms with Gasteiger partial charge < -0.3 is 4.90 Å². The van der Waals surface area contributed by atoms with E-state index in [1.165, 1.54) is 11.1 Å². The minimum absolute atomic E-state index is 1.14. The first-order valence-corrected chi connectivity index (χ1v) is 4.96. The van der Waals surface area contributed by atoms with Crippen LogP contribution in [0.25, 0.3) is 11.1 Å². The Morgan fingerprint density at radius 3 is 2.40 bits per heavy atom. The van der Waals surface area contributed by atoms with Crippen molar-refractivity contribution in [3.05, 3.63) is 48.8 Å². The van der Waals surface area contributed by atoms with Crippen LogP contribution in [0, 0.1) is 0 Å². The van der Waals surface area contributed by atoms with Gasteiger partial charge >= 0.3 is 0 Å². The molecule has 0 unspecified atom stereocenters. The molecular weight excluding hydrogens is 184 g/mol. The van der Waals surface area contributed by atoms with Crippen LogP contribution in [0.4, 0.5) is 5.69 Å². The highest BCUT2D eigenvalue weighted by Crippen LogP contribution is 2.28. The van der Waals surface area contributed by atoms with Gasteiger partial charge in [-0.15, -0.1) is 0 Å². The Hall–Kier alpha value is -1.83. The van der Waals surface area contributed by atoms with Crippen LogP contribution in [0.1, 0.15) is 0 Å². The number of benzene rings is 1. The first-order valence-electron chi connectivity index (χ1n) is 4.96. The average molecular weight is 198 g/mol. The largest absolute Gasteiger partial charge is 0.376 e. The second kappa shape index (κ2) is 4.13. The molecule has 0 spiro atoms. The molecule has 2 rings (SSSR count). The lowest BCUT2D eigenvalue weighted by Gasteiger charge is -2.16. The molecule has 0 atom stereocenters. The Morgan fingerprint density at radius 1 is 1.00 bits per heavy atom. The maximum Gasteiger partial charge on any atom is 0.0627 e. The summed E-state index contributed by atoms with van der Waals surface area (Å²) in [6.07, 6.45) is 3.72. The van der Waals surface area contributed by atoms with Gasteiger partial charge in [0.2, 0.25) is 0 Å². The van der Waals surface area contributed by atoms with Crippen LogP contribution >= 0.6 is 0 Å². The van der Waals surface area contributed by atoms with E-state index >= 15 is 0 Å². The van der Waals surface area contributed by atoms with Crippen LogP contribution in [-0.2, 0) is 0 Å². The second-order valence-corrected chi connectivity index (χ2v) is 3.65. The summed E-state index contributed by atoms with van der Waals surface area (Å²) in [5.74, 6) is 0. The van der Waals surface area contributed by atoms with Gasteiger partial charge in [0.05, 0.1) is 11.9 Å². The number of aromatic nitrogens is 1. The van der Waals surface area contributed by atoms with E-state index in [9.17, 15) is 0 Å². The Kier molecular flexibility index (Phi) is 2.68. The van der Waals surface area contributed by atoms with Crippen molar-refractivity contribution in [1.82, 2.24) is 4.98 Å². The summed E-state index contributed by atoms with van der Waals surface area (Å²) < 4.78 is 0. The quantitative estimate of drug-likeness (QED) is 0.737. The number of hydrogen-bond donors (Lipinski definition) is 0. The number of anilines is 1. The van der Waals surface area contributed by atoms with Crippen LogP contribution in [0.5, 0.6) is 0 Å². The number of nitrogens with zero attached hydrogens (tertiary/aromatic N) is 2. The molecule has 1 heterocycles. The Morgan fingerprint density at radius 2 is 1.73 bits per heavy atom. The molecule has 0 bridgehead atoms.